The smallest absolute Gasteiger partial charge is 0.479 e. The Morgan fingerprint density at radius 1 is 1.64 bits per heavy atom. The van der Waals surface area contributed by atoms with Gasteiger partial charge in [0.1, 0.15) is 0 Å². The van der Waals surface area contributed by atoms with Crippen LogP contribution in [0.1, 0.15) is 10.4 Å². The maximum Gasteiger partial charge on any atom is 1.00 e. The average Bonchev–Trinajstić information content (AvgIpc) is 2.04. The van der Waals surface area contributed by atoms with Gasteiger partial charge in [-0.05, 0) is 5.56 Å². The third kappa shape index (κ3) is 2.57. The van der Waals surface area contributed by atoms with E-state index in [-0.39, 0.29) is 19.5 Å². The van der Waals surface area contributed by atoms with Gasteiger partial charge in [0.05, 0.1) is 0 Å². The van der Waals surface area contributed by atoms with Crippen LogP contribution in [0.15, 0.2) is 12.1 Å². The van der Waals surface area contributed by atoms with Crippen molar-refractivity contribution in [2.24, 2.45) is 0 Å². The molecule has 1 aromatic carbocycles. The monoisotopic (exact) mass is 286 g/mol. The molecule has 0 aliphatic carbocycles. The molecule has 0 heterocycles. The largest absolute Gasteiger partial charge is 1.00 e. The van der Waals surface area contributed by atoms with Crippen LogP contribution in [-0.2, 0) is 19.5 Å². The fourth-order valence-corrected chi connectivity index (χ4v) is 0.732. The van der Waals surface area contributed by atoms with E-state index in [4.69, 9.17) is 5.11 Å². The zero-order chi connectivity index (χ0) is 10.0. The van der Waals surface area contributed by atoms with E-state index in [0.717, 1.165) is 0 Å². The minimum absolute atomic E-state index is 0. The van der Waals surface area contributed by atoms with Gasteiger partial charge in [0.15, 0.2) is 5.69 Å². The second kappa shape index (κ2) is 4.76. The van der Waals surface area contributed by atoms with Crippen LogP contribution in [-0.4, -0.2) is 16.0 Å². The van der Waals surface area contributed by atoms with Crippen molar-refractivity contribution in [2.75, 3.05) is 0 Å². The summed E-state index contributed by atoms with van der Waals surface area (Å²) in [5.41, 5.74) is -1.30. The maximum atomic E-state index is 12.6. The van der Waals surface area contributed by atoms with Crippen LogP contribution < -0.4 is 0 Å². The molecule has 1 aromatic rings. The summed E-state index contributed by atoms with van der Waals surface area (Å²) >= 11 is 0. The van der Waals surface area contributed by atoms with E-state index in [0.29, 0.717) is 12.1 Å². The first-order chi connectivity index (χ1) is 6.02. The van der Waals surface area contributed by atoms with E-state index in [1.54, 1.807) is 0 Å². The summed E-state index contributed by atoms with van der Waals surface area (Å²) < 4.78 is 12.6. The summed E-state index contributed by atoms with van der Waals surface area (Å²) in [6.45, 7) is 0. The Bertz CT molecular complexity index is 382. The number of carbonyl (C=O) groups is 1. The van der Waals surface area contributed by atoms with Crippen molar-refractivity contribution in [3.8, 4) is 0 Å². The Labute approximate surface area is 90.5 Å². The molecule has 1 N–H and O–H groups in total. The molecule has 0 saturated heterocycles. The zero-order valence-corrected chi connectivity index (χ0v) is 8.24. The van der Waals surface area contributed by atoms with Crippen LogP contribution in [0.3, 0.4) is 0 Å². The van der Waals surface area contributed by atoms with Crippen LogP contribution >= 0.6 is 0 Å². The minimum Gasteiger partial charge on any atom is -0.479 e. The molecule has 0 fully saturated rings. The zero-order valence-electron chi connectivity index (χ0n) is 6.51. The second-order valence-electron chi connectivity index (χ2n) is 2.14. The van der Waals surface area contributed by atoms with Gasteiger partial charge in [0.2, 0.25) is 0 Å². The van der Waals surface area contributed by atoms with Gasteiger partial charge in [-0.2, -0.15) is 0 Å². The Morgan fingerprint density at radius 2 is 2.21 bits per heavy atom. The van der Waals surface area contributed by atoms with Gasteiger partial charge in [-0.25, -0.2) is 4.79 Å². The number of halogens is 1. The van der Waals surface area contributed by atoms with Crippen molar-refractivity contribution in [1.29, 1.82) is 0 Å². The van der Waals surface area contributed by atoms with Gasteiger partial charge < -0.3 is 5.11 Å². The number of benzene rings is 1. The Kier molecular flexibility index (Phi) is 4.30. The van der Waals surface area contributed by atoms with Gasteiger partial charge in [-0.1, -0.05) is 12.1 Å². The number of carboxylic acids is 1. The molecule has 75 valence electrons. The number of non-ortho nitro benzene ring substituents is 1. The summed E-state index contributed by atoms with van der Waals surface area (Å²) in [4.78, 5) is 19.6. The van der Waals surface area contributed by atoms with Gasteiger partial charge in [-0.15, -0.1) is 6.07 Å². The number of hydrogen-bond acceptors (Lipinski definition) is 3. The summed E-state index contributed by atoms with van der Waals surface area (Å²) in [6.07, 6.45) is 0. The van der Waals surface area contributed by atoms with Gasteiger partial charge in [-0.3, -0.25) is 14.5 Å². The normalized spacial score (nSPS) is 8.93. The number of nitrogens with zero attached hydrogens (tertiary/aromatic N) is 1. The Balaban J connectivity index is 0.00000169. The fraction of sp³-hybridized carbons (Fsp3) is 0. The first kappa shape index (κ1) is 12.6. The van der Waals surface area contributed by atoms with Crippen molar-refractivity contribution in [1.82, 2.24) is 0 Å². The molecular weight excluding hydrogens is 282 g/mol. The van der Waals surface area contributed by atoms with E-state index >= 15 is 0 Å². The number of hydrogen-bond donors (Lipinski definition) is 1. The summed E-state index contributed by atoms with van der Waals surface area (Å²) in [5.74, 6) is -2.59. The van der Waals surface area contributed by atoms with Crippen LogP contribution in [0.4, 0.5) is 10.1 Å². The molecule has 0 aliphatic heterocycles. The summed E-state index contributed by atoms with van der Waals surface area (Å²) in [6, 6.07) is 3.24. The molecule has 7 heteroatoms. The van der Waals surface area contributed by atoms with Crippen molar-refractivity contribution >= 4 is 11.7 Å². The quantitative estimate of drug-likeness (QED) is 0.383. The molecular formula is C7H3FNO4Ru. The van der Waals surface area contributed by atoms with Crippen molar-refractivity contribution in [2.45, 2.75) is 0 Å². The molecule has 0 unspecified atom stereocenters. The SMILES string of the molecule is O=C(O)c1cc([N+](=O)[O-])[c-]cc1F.[Ru+]. The summed E-state index contributed by atoms with van der Waals surface area (Å²) in [5, 5.41) is 18.5. The number of rotatable bonds is 2. The molecule has 0 amide bonds. The molecule has 14 heavy (non-hydrogen) atoms. The molecule has 0 atom stereocenters. The molecule has 0 saturated carbocycles. The number of nitro benzene ring substituents is 1. The summed E-state index contributed by atoms with van der Waals surface area (Å²) in [7, 11) is 0. The molecule has 0 aliphatic rings. The maximum absolute atomic E-state index is 12.6. The van der Waals surface area contributed by atoms with Crippen LogP contribution in [0, 0.1) is 22.0 Å². The Hall–Kier alpha value is -1.36. The topological polar surface area (TPSA) is 80.4 Å². The number of nitro groups is 1. The van der Waals surface area contributed by atoms with Crippen LogP contribution in [0.2, 0.25) is 0 Å². The van der Waals surface area contributed by atoms with Crippen molar-refractivity contribution < 1.29 is 38.7 Å². The van der Waals surface area contributed by atoms with Crippen LogP contribution in [0.25, 0.3) is 0 Å². The van der Waals surface area contributed by atoms with E-state index in [1.807, 2.05) is 6.07 Å². The standard InChI is InChI=1S/C7H3FNO4.Ru/c8-6-2-1-4(9(12)13)3-5(6)7(10)11;/h2-3H,(H,10,11);/q-1;+1. The van der Waals surface area contributed by atoms with E-state index in [9.17, 15) is 19.3 Å². The van der Waals surface area contributed by atoms with E-state index < -0.39 is 28.0 Å². The molecule has 0 spiro atoms. The fourth-order valence-electron chi connectivity index (χ4n) is 0.732. The predicted octanol–water partition coefficient (Wildman–Crippen LogP) is 1.23. The molecule has 5 nitrogen and oxygen atoms in total. The average molecular weight is 285 g/mol. The number of carboxylic acid groups (broad SMARTS) is 1. The predicted molar refractivity (Wildman–Crippen MR) is 38.8 cm³/mol. The molecule has 0 aromatic heterocycles. The third-order valence-corrected chi connectivity index (χ3v) is 1.31. The van der Waals surface area contributed by atoms with Crippen molar-refractivity contribution in [3.05, 3.63) is 39.7 Å². The first-order valence-electron chi connectivity index (χ1n) is 3.11. The molecule has 0 bridgehead atoms. The van der Waals surface area contributed by atoms with Gasteiger partial charge in [0.25, 0.3) is 0 Å². The minimum atomic E-state index is -1.55. The molecule has 1 radical (unpaired) electrons. The van der Waals surface area contributed by atoms with Gasteiger partial charge >= 0.3 is 25.4 Å². The Morgan fingerprint density at radius 3 is 2.64 bits per heavy atom. The first-order valence-corrected chi connectivity index (χ1v) is 3.11. The van der Waals surface area contributed by atoms with Gasteiger partial charge in [0, 0.05) is 10.7 Å². The van der Waals surface area contributed by atoms with E-state index in [1.165, 1.54) is 0 Å². The third-order valence-electron chi connectivity index (χ3n) is 1.31. The second-order valence-corrected chi connectivity index (χ2v) is 2.14. The van der Waals surface area contributed by atoms with E-state index in [2.05, 4.69) is 0 Å². The van der Waals surface area contributed by atoms with Crippen molar-refractivity contribution in [3.63, 3.8) is 0 Å². The molecule has 1 rings (SSSR count). The number of aromatic carboxylic acids is 1. The van der Waals surface area contributed by atoms with Crippen LogP contribution in [0.5, 0.6) is 0 Å².